The second kappa shape index (κ2) is 6.92. The van der Waals surface area contributed by atoms with Crippen LogP contribution in [0.3, 0.4) is 0 Å². The number of hydrogen-bond acceptors (Lipinski definition) is 5. The molecular weight excluding hydrogens is 337 g/mol. The molecule has 1 fully saturated rings. The van der Waals surface area contributed by atoms with E-state index in [1.807, 2.05) is 6.07 Å². The van der Waals surface area contributed by atoms with Gasteiger partial charge in [0.15, 0.2) is 5.60 Å². The second-order valence-corrected chi connectivity index (χ2v) is 6.89. The molecule has 4 rings (SSSR count). The van der Waals surface area contributed by atoms with Crippen LogP contribution in [0.1, 0.15) is 24.0 Å². The van der Waals surface area contributed by atoms with Crippen LogP contribution in [0.4, 0.5) is 4.39 Å². The Kier molecular flexibility index (Phi) is 4.46. The van der Waals surface area contributed by atoms with Gasteiger partial charge in [-0.1, -0.05) is 17.3 Å². The highest BCUT2D eigenvalue weighted by Gasteiger charge is 2.46. The number of nitrogens with zero attached hydrogens (tertiary/aromatic N) is 2. The maximum absolute atomic E-state index is 12.9. The van der Waals surface area contributed by atoms with E-state index in [9.17, 15) is 9.18 Å². The fourth-order valence-corrected chi connectivity index (χ4v) is 3.45. The standard InChI is InChI=1S/C19H20FN3O3/c20-16-3-1-14(2-4-16)10-21-18(24)17-9-19(26-22-17)6-7-23(13-19)11-15-5-8-25-12-15/h1-5,8,12H,6-7,9-11,13H2,(H,21,24). The number of amides is 1. The molecule has 1 unspecified atom stereocenters. The van der Waals surface area contributed by atoms with Gasteiger partial charge in [-0.15, -0.1) is 0 Å². The zero-order valence-electron chi connectivity index (χ0n) is 14.3. The number of halogens is 1. The first kappa shape index (κ1) is 16.8. The van der Waals surface area contributed by atoms with Crippen molar-refractivity contribution in [3.05, 3.63) is 59.8 Å². The number of nitrogens with one attached hydrogen (secondary N) is 1. The van der Waals surface area contributed by atoms with Gasteiger partial charge in [-0.25, -0.2) is 4.39 Å². The molecule has 1 amide bonds. The van der Waals surface area contributed by atoms with Gasteiger partial charge < -0.3 is 14.6 Å². The number of rotatable bonds is 5. The van der Waals surface area contributed by atoms with Crippen molar-refractivity contribution >= 4 is 11.6 Å². The van der Waals surface area contributed by atoms with Crippen molar-refractivity contribution in [2.45, 2.75) is 31.5 Å². The molecule has 1 spiro atoms. The number of carbonyl (C=O) groups excluding carboxylic acids is 1. The van der Waals surface area contributed by atoms with Crippen molar-refractivity contribution in [1.29, 1.82) is 0 Å². The van der Waals surface area contributed by atoms with Crippen molar-refractivity contribution in [1.82, 2.24) is 10.2 Å². The molecule has 6 nitrogen and oxygen atoms in total. The van der Waals surface area contributed by atoms with Gasteiger partial charge >= 0.3 is 0 Å². The third-order valence-corrected chi connectivity index (χ3v) is 4.85. The molecule has 7 heteroatoms. The average molecular weight is 357 g/mol. The lowest BCUT2D eigenvalue weighted by atomic mass is 9.96. The Hall–Kier alpha value is -2.67. The summed E-state index contributed by atoms with van der Waals surface area (Å²) in [6.07, 6.45) is 4.75. The molecule has 1 aromatic heterocycles. The van der Waals surface area contributed by atoms with Crippen LogP contribution in [0.2, 0.25) is 0 Å². The Bertz CT molecular complexity index is 804. The molecule has 2 aromatic rings. The summed E-state index contributed by atoms with van der Waals surface area (Å²) in [5, 5.41) is 6.84. The fraction of sp³-hybridized carbons (Fsp3) is 0.368. The molecule has 0 bridgehead atoms. The fourth-order valence-electron chi connectivity index (χ4n) is 3.45. The van der Waals surface area contributed by atoms with E-state index in [4.69, 9.17) is 9.25 Å². The Morgan fingerprint density at radius 1 is 1.27 bits per heavy atom. The lowest BCUT2D eigenvalue weighted by Gasteiger charge is -2.21. The number of hydrogen-bond donors (Lipinski definition) is 1. The van der Waals surface area contributed by atoms with Crippen molar-refractivity contribution in [2.24, 2.45) is 5.16 Å². The molecule has 0 aliphatic carbocycles. The monoisotopic (exact) mass is 357 g/mol. The van der Waals surface area contributed by atoms with E-state index in [2.05, 4.69) is 15.4 Å². The molecule has 0 saturated carbocycles. The van der Waals surface area contributed by atoms with Crippen molar-refractivity contribution in [3.8, 4) is 0 Å². The molecule has 3 heterocycles. The Morgan fingerprint density at radius 3 is 2.88 bits per heavy atom. The van der Waals surface area contributed by atoms with E-state index >= 15 is 0 Å². The van der Waals surface area contributed by atoms with Crippen LogP contribution in [0.5, 0.6) is 0 Å². The topological polar surface area (TPSA) is 67.1 Å². The molecule has 0 radical (unpaired) electrons. The summed E-state index contributed by atoms with van der Waals surface area (Å²) in [5.41, 5.74) is 1.96. The van der Waals surface area contributed by atoms with Crippen LogP contribution in [-0.4, -0.2) is 35.2 Å². The Morgan fingerprint density at radius 2 is 2.12 bits per heavy atom. The molecule has 1 N–H and O–H groups in total. The van der Waals surface area contributed by atoms with E-state index in [1.54, 1.807) is 24.7 Å². The minimum Gasteiger partial charge on any atom is -0.472 e. The first-order valence-electron chi connectivity index (χ1n) is 8.63. The highest BCUT2D eigenvalue weighted by molar-refractivity contribution is 6.39. The summed E-state index contributed by atoms with van der Waals surface area (Å²) in [7, 11) is 0. The first-order chi connectivity index (χ1) is 12.6. The quantitative estimate of drug-likeness (QED) is 0.893. The lowest BCUT2D eigenvalue weighted by molar-refractivity contribution is -0.115. The predicted molar refractivity (Wildman–Crippen MR) is 92.7 cm³/mol. The third kappa shape index (κ3) is 3.62. The van der Waals surface area contributed by atoms with Gasteiger partial charge in [-0.3, -0.25) is 9.69 Å². The van der Waals surface area contributed by atoms with Gasteiger partial charge in [0.25, 0.3) is 5.91 Å². The van der Waals surface area contributed by atoms with E-state index in [0.29, 0.717) is 18.7 Å². The zero-order chi connectivity index (χ0) is 18.0. The van der Waals surface area contributed by atoms with Crippen LogP contribution < -0.4 is 5.32 Å². The molecule has 136 valence electrons. The third-order valence-electron chi connectivity index (χ3n) is 4.85. The van der Waals surface area contributed by atoms with Crippen molar-refractivity contribution < 1.29 is 18.4 Å². The van der Waals surface area contributed by atoms with Gasteiger partial charge in [0, 0.05) is 44.6 Å². The molecule has 1 atom stereocenters. The molecule has 1 aromatic carbocycles. The highest BCUT2D eigenvalue weighted by Crippen LogP contribution is 2.34. The normalized spacial score (nSPS) is 22.4. The molecule has 1 saturated heterocycles. The number of carbonyl (C=O) groups is 1. The van der Waals surface area contributed by atoms with Crippen LogP contribution in [0.15, 0.2) is 52.4 Å². The summed E-state index contributed by atoms with van der Waals surface area (Å²) < 4.78 is 18.0. The minimum atomic E-state index is -0.410. The van der Waals surface area contributed by atoms with Crippen molar-refractivity contribution in [3.63, 3.8) is 0 Å². The van der Waals surface area contributed by atoms with Crippen LogP contribution in [0.25, 0.3) is 0 Å². The van der Waals surface area contributed by atoms with Gasteiger partial charge in [-0.2, -0.15) is 0 Å². The molecular formula is C19H20FN3O3. The number of benzene rings is 1. The van der Waals surface area contributed by atoms with E-state index < -0.39 is 5.60 Å². The number of oxime groups is 1. The average Bonchev–Trinajstić information content (AvgIpc) is 3.38. The smallest absolute Gasteiger partial charge is 0.269 e. The lowest BCUT2D eigenvalue weighted by Crippen LogP contribution is -2.36. The maximum atomic E-state index is 12.9. The summed E-state index contributed by atoms with van der Waals surface area (Å²) >= 11 is 0. The summed E-state index contributed by atoms with van der Waals surface area (Å²) in [6, 6.07) is 7.99. The van der Waals surface area contributed by atoms with Crippen molar-refractivity contribution in [2.75, 3.05) is 13.1 Å². The number of likely N-dealkylation sites (tertiary alicyclic amines) is 1. The summed E-state index contributed by atoms with van der Waals surface area (Å²) in [4.78, 5) is 20.3. The second-order valence-electron chi connectivity index (χ2n) is 6.89. The van der Waals surface area contributed by atoms with Gasteiger partial charge in [0.1, 0.15) is 11.5 Å². The molecule has 2 aliphatic heterocycles. The Balaban J connectivity index is 1.29. The first-order valence-corrected chi connectivity index (χ1v) is 8.63. The van der Waals surface area contributed by atoms with Crippen LogP contribution in [0, 0.1) is 5.82 Å². The van der Waals surface area contributed by atoms with E-state index in [1.165, 1.54) is 12.1 Å². The zero-order valence-corrected chi connectivity index (χ0v) is 14.3. The van der Waals surface area contributed by atoms with Crippen LogP contribution in [-0.2, 0) is 22.7 Å². The van der Waals surface area contributed by atoms with E-state index in [-0.39, 0.29) is 11.7 Å². The predicted octanol–water partition coefficient (Wildman–Crippen LogP) is 2.46. The Labute approximate surface area is 150 Å². The maximum Gasteiger partial charge on any atom is 0.269 e. The van der Waals surface area contributed by atoms with Gasteiger partial charge in [0.2, 0.25) is 0 Å². The van der Waals surface area contributed by atoms with Crippen LogP contribution >= 0.6 is 0 Å². The van der Waals surface area contributed by atoms with E-state index in [0.717, 1.165) is 37.2 Å². The summed E-state index contributed by atoms with van der Waals surface area (Å²) in [6.45, 7) is 2.76. The number of furan rings is 1. The van der Waals surface area contributed by atoms with Gasteiger partial charge in [-0.05, 0) is 23.8 Å². The highest BCUT2D eigenvalue weighted by atomic mass is 19.1. The summed E-state index contributed by atoms with van der Waals surface area (Å²) in [5.74, 6) is -0.531. The largest absolute Gasteiger partial charge is 0.472 e. The minimum absolute atomic E-state index is 0.237. The molecule has 26 heavy (non-hydrogen) atoms. The molecule has 2 aliphatic rings. The van der Waals surface area contributed by atoms with Gasteiger partial charge in [0.05, 0.1) is 12.5 Å². The SMILES string of the molecule is O=C(NCc1ccc(F)cc1)C1=NOC2(CCN(Cc3ccoc3)C2)C1.